The van der Waals surface area contributed by atoms with Crippen LogP contribution in [0.1, 0.15) is 19.3 Å². The van der Waals surface area contributed by atoms with Crippen LogP contribution in [0.4, 0.5) is 3.89 Å². The Kier molecular flexibility index (Phi) is 4.21. The fourth-order valence-electron chi connectivity index (χ4n) is 2.66. The lowest BCUT2D eigenvalue weighted by atomic mass is 10.00. The average Bonchev–Trinajstić information content (AvgIpc) is 2.58. The highest BCUT2D eigenvalue weighted by atomic mass is 32.3. The van der Waals surface area contributed by atoms with Crippen LogP contribution in [-0.2, 0) is 19.8 Å². The minimum absolute atomic E-state index is 0.0601. The van der Waals surface area contributed by atoms with Gasteiger partial charge in [-0.2, -0.15) is 8.42 Å². The summed E-state index contributed by atoms with van der Waals surface area (Å²) in [5, 5.41) is 0. The summed E-state index contributed by atoms with van der Waals surface area (Å²) in [5.74, 6) is -0.575. The molecule has 1 unspecified atom stereocenters. The van der Waals surface area contributed by atoms with Crippen LogP contribution >= 0.6 is 0 Å². The lowest BCUT2D eigenvalue weighted by Gasteiger charge is -2.27. The Bertz CT molecular complexity index is 405. The van der Waals surface area contributed by atoms with E-state index in [9.17, 15) is 17.1 Å². The Morgan fingerprint density at radius 2 is 1.94 bits per heavy atom. The lowest BCUT2D eigenvalue weighted by molar-refractivity contribution is -0.128. The van der Waals surface area contributed by atoms with Crippen LogP contribution in [0, 0.1) is 11.8 Å². The van der Waals surface area contributed by atoms with E-state index < -0.39 is 21.9 Å². The van der Waals surface area contributed by atoms with Crippen LogP contribution in [-0.4, -0.2) is 51.3 Å². The van der Waals surface area contributed by atoms with Gasteiger partial charge in [-0.15, -0.1) is 3.89 Å². The summed E-state index contributed by atoms with van der Waals surface area (Å²) < 4.78 is 39.0. The van der Waals surface area contributed by atoms with Crippen LogP contribution in [0.15, 0.2) is 0 Å². The van der Waals surface area contributed by atoms with Gasteiger partial charge in [-0.1, -0.05) is 0 Å². The van der Waals surface area contributed by atoms with Gasteiger partial charge in [0.1, 0.15) is 0 Å². The zero-order chi connectivity index (χ0) is 13.2. The second-order valence-corrected chi connectivity index (χ2v) is 6.54. The smallest absolute Gasteiger partial charge is 0.302 e. The van der Waals surface area contributed by atoms with Crippen molar-refractivity contribution in [2.75, 3.05) is 32.1 Å². The van der Waals surface area contributed by atoms with E-state index in [-0.39, 0.29) is 12.3 Å². The molecule has 5 nitrogen and oxygen atoms in total. The van der Waals surface area contributed by atoms with E-state index >= 15 is 0 Å². The van der Waals surface area contributed by atoms with Crippen molar-refractivity contribution in [3.63, 3.8) is 0 Å². The van der Waals surface area contributed by atoms with Gasteiger partial charge in [0.25, 0.3) is 0 Å². The Hall–Kier alpha value is -0.690. The quantitative estimate of drug-likeness (QED) is 0.705. The highest BCUT2D eigenvalue weighted by molar-refractivity contribution is 7.86. The predicted molar refractivity (Wildman–Crippen MR) is 63.1 cm³/mol. The number of rotatable bonds is 4. The molecule has 1 amide bonds. The fraction of sp³-hybridized carbons (Fsp3) is 0.909. The molecule has 0 radical (unpaired) electrons. The van der Waals surface area contributed by atoms with Gasteiger partial charge in [0, 0.05) is 38.6 Å². The molecule has 0 saturated carbocycles. The van der Waals surface area contributed by atoms with E-state index in [1.54, 1.807) is 4.90 Å². The molecule has 2 aliphatic rings. The third-order valence-electron chi connectivity index (χ3n) is 3.55. The molecule has 0 aromatic carbocycles. The van der Waals surface area contributed by atoms with Crippen molar-refractivity contribution in [3.8, 4) is 0 Å². The Morgan fingerprint density at radius 3 is 2.56 bits per heavy atom. The molecule has 0 aromatic rings. The van der Waals surface area contributed by atoms with Crippen LogP contribution < -0.4 is 0 Å². The van der Waals surface area contributed by atoms with E-state index in [2.05, 4.69) is 0 Å². The molecule has 0 aromatic heterocycles. The third-order valence-corrected chi connectivity index (χ3v) is 4.42. The summed E-state index contributed by atoms with van der Waals surface area (Å²) in [6.45, 7) is 2.44. The van der Waals surface area contributed by atoms with Crippen LogP contribution in [0.2, 0.25) is 0 Å². The molecule has 2 saturated heterocycles. The Balaban J connectivity index is 1.85. The maximum absolute atomic E-state index is 12.6. The van der Waals surface area contributed by atoms with Crippen molar-refractivity contribution in [2.24, 2.45) is 11.8 Å². The normalized spacial score (nSPS) is 26.8. The van der Waals surface area contributed by atoms with Crippen molar-refractivity contribution < 1.29 is 21.8 Å². The Labute approximate surface area is 106 Å². The number of halogens is 1. The van der Waals surface area contributed by atoms with Crippen LogP contribution in [0.3, 0.4) is 0 Å². The second kappa shape index (κ2) is 5.52. The average molecular weight is 279 g/mol. The highest BCUT2D eigenvalue weighted by Gasteiger charge is 2.34. The first-order valence-electron chi connectivity index (χ1n) is 6.22. The zero-order valence-corrected chi connectivity index (χ0v) is 11.0. The SMILES string of the molecule is O=C1CC(CS(=O)(=O)F)CN1CC1CCOCC1. The minimum Gasteiger partial charge on any atom is -0.381 e. The van der Waals surface area contributed by atoms with Crippen molar-refractivity contribution in [2.45, 2.75) is 19.3 Å². The fourth-order valence-corrected chi connectivity index (χ4v) is 3.45. The van der Waals surface area contributed by atoms with E-state index in [0.717, 1.165) is 26.1 Å². The number of nitrogens with zero attached hydrogens (tertiary/aromatic N) is 1. The summed E-state index contributed by atoms with van der Waals surface area (Å²) >= 11 is 0. The molecule has 18 heavy (non-hydrogen) atoms. The topological polar surface area (TPSA) is 63.7 Å². The first-order valence-corrected chi connectivity index (χ1v) is 7.77. The summed E-state index contributed by atoms with van der Waals surface area (Å²) in [6.07, 6.45) is 2.00. The van der Waals surface area contributed by atoms with Gasteiger partial charge in [0.05, 0.1) is 5.75 Å². The van der Waals surface area contributed by atoms with Gasteiger partial charge >= 0.3 is 10.2 Å². The number of likely N-dealkylation sites (tertiary alicyclic amines) is 1. The molecule has 104 valence electrons. The van der Waals surface area contributed by atoms with E-state index in [4.69, 9.17) is 4.74 Å². The standard InChI is InChI=1S/C11H18FNO4S/c12-18(15,16)8-10-5-11(14)13(7-10)6-9-1-3-17-4-2-9/h9-10H,1-8H2. The molecule has 0 N–H and O–H groups in total. The van der Waals surface area contributed by atoms with Gasteiger partial charge in [0.15, 0.2) is 0 Å². The number of amides is 1. The van der Waals surface area contributed by atoms with Crippen molar-refractivity contribution in [1.29, 1.82) is 0 Å². The number of carbonyl (C=O) groups excluding carboxylic acids is 1. The van der Waals surface area contributed by atoms with Crippen molar-refractivity contribution in [3.05, 3.63) is 0 Å². The number of carbonyl (C=O) groups is 1. The highest BCUT2D eigenvalue weighted by Crippen LogP contribution is 2.24. The third kappa shape index (κ3) is 3.91. The molecule has 0 spiro atoms. The van der Waals surface area contributed by atoms with Crippen LogP contribution in [0.25, 0.3) is 0 Å². The van der Waals surface area contributed by atoms with Gasteiger partial charge in [-0.25, -0.2) is 0 Å². The Morgan fingerprint density at radius 1 is 1.28 bits per heavy atom. The molecule has 2 rings (SSSR count). The van der Waals surface area contributed by atoms with E-state index in [1.165, 1.54) is 0 Å². The van der Waals surface area contributed by atoms with Crippen LogP contribution in [0.5, 0.6) is 0 Å². The number of ether oxygens (including phenoxy) is 1. The molecule has 2 heterocycles. The van der Waals surface area contributed by atoms with E-state index in [0.29, 0.717) is 19.0 Å². The minimum atomic E-state index is -4.49. The first-order chi connectivity index (χ1) is 8.44. The largest absolute Gasteiger partial charge is 0.381 e. The molecule has 2 fully saturated rings. The van der Waals surface area contributed by atoms with E-state index in [1.807, 2.05) is 0 Å². The summed E-state index contributed by atoms with van der Waals surface area (Å²) in [4.78, 5) is 13.4. The molecule has 0 bridgehead atoms. The van der Waals surface area contributed by atoms with Gasteiger partial charge in [0.2, 0.25) is 5.91 Å². The summed E-state index contributed by atoms with van der Waals surface area (Å²) in [7, 11) is -4.49. The molecule has 2 aliphatic heterocycles. The van der Waals surface area contributed by atoms with Crippen molar-refractivity contribution >= 4 is 16.1 Å². The molecule has 1 atom stereocenters. The number of hydrogen-bond donors (Lipinski definition) is 0. The summed E-state index contributed by atoms with van der Waals surface area (Å²) in [5.41, 5.74) is 0. The van der Waals surface area contributed by atoms with Gasteiger partial charge < -0.3 is 9.64 Å². The maximum atomic E-state index is 12.6. The van der Waals surface area contributed by atoms with Gasteiger partial charge in [-0.3, -0.25) is 4.79 Å². The predicted octanol–water partition coefficient (Wildman–Crippen LogP) is 0.561. The monoisotopic (exact) mass is 279 g/mol. The first kappa shape index (κ1) is 13.7. The van der Waals surface area contributed by atoms with Crippen molar-refractivity contribution in [1.82, 2.24) is 4.90 Å². The maximum Gasteiger partial charge on any atom is 0.302 e. The molecule has 7 heteroatoms. The summed E-state index contributed by atoms with van der Waals surface area (Å²) in [6, 6.07) is 0. The van der Waals surface area contributed by atoms with Gasteiger partial charge in [-0.05, 0) is 18.8 Å². The molecule has 0 aliphatic carbocycles. The zero-order valence-electron chi connectivity index (χ0n) is 10.2. The number of hydrogen-bond acceptors (Lipinski definition) is 4. The second-order valence-electron chi connectivity index (χ2n) is 5.13. The lowest BCUT2D eigenvalue weighted by Crippen LogP contribution is -2.33. The molecular weight excluding hydrogens is 261 g/mol. The molecular formula is C11H18FNO4S.